The van der Waals surface area contributed by atoms with Crippen molar-refractivity contribution in [1.29, 1.82) is 0 Å². The first-order valence-corrected chi connectivity index (χ1v) is 7.45. The molecule has 0 saturated carbocycles. The van der Waals surface area contributed by atoms with Crippen molar-refractivity contribution in [2.75, 3.05) is 18.0 Å². The van der Waals surface area contributed by atoms with Crippen molar-refractivity contribution in [3.63, 3.8) is 0 Å². The average Bonchev–Trinajstić information content (AvgIpc) is 2.56. The molecule has 116 valence electrons. The zero-order valence-corrected chi connectivity index (χ0v) is 13.1. The molecule has 0 amide bonds. The zero-order valence-electron chi connectivity index (χ0n) is 13.1. The maximum absolute atomic E-state index is 11.5. The molecular formula is C16H20N4O2. The predicted molar refractivity (Wildman–Crippen MR) is 87.1 cm³/mol. The lowest BCUT2D eigenvalue weighted by Crippen LogP contribution is -2.24. The van der Waals surface area contributed by atoms with Gasteiger partial charge in [0, 0.05) is 37.1 Å². The highest BCUT2D eigenvalue weighted by Gasteiger charge is 2.23. The summed E-state index contributed by atoms with van der Waals surface area (Å²) in [5.74, 6) is 0.449. The van der Waals surface area contributed by atoms with Crippen LogP contribution in [0.15, 0.2) is 30.6 Å². The lowest BCUT2D eigenvalue weighted by molar-refractivity contribution is -0.384. The number of hydrogen-bond acceptors (Lipinski definition) is 5. The van der Waals surface area contributed by atoms with Crippen LogP contribution in [0.5, 0.6) is 0 Å². The van der Waals surface area contributed by atoms with Crippen molar-refractivity contribution < 1.29 is 4.92 Å². The highest BCUT2D eigenvalue weighted by atomic mass is 16.6. The first-order valence-electron chi connectivity index (χ1n) is 7.45. The third-order valence-corrected chi connectivity index (χ3v) is 3.65. The Kier molecular flexibility index (Phi) is 5.04. The standard InChI is InChI=1S/C16H20N4O2/c1-4-14-13(12-7-9-17-10-8-12)11-15(20(21)22)16(18-14)19(5-2)6-3/h7-11H,4-6H2,1-3H3. The molecule has 0 aliphatic carbocycles. The van der Waals surface area contributed by atoms with Crippen LogP contribution in [0.2, 0.25) is 0 Å². The van der Waals surface area contributed by atoms with Crippen LogP contribution in [0.25, 0.3) is 11.1 Å². The van der Waals surface area contributed by atoms with Crippen LogP contribution in [0.4, 0.5) is 11.5 Å². The van der Waals surface area contributed by atoms with E-state index in [1.54, 1.807) is 18.5 Å². The number of pyridine rings is 2. The van der Waals surface area contributed by atoms with E-state index in [4.69, 9.17) is 0 Å². The maximum Gasteiger partial charge on any atom is 0.312 e. The van der Waals surface area contributed by atoms with Gasteiger partial charge in [0.05, 0.1) is 10.6 Å². The summed E-state index contributed by atoms with van der Waals surface area (Å²) in [6.45, 7) is 7.31. The van der Waals surface area contributed by atoms with Crippen molar-refractivity contribution in [2.45, 2.75) is 27.2 Å². The Morgan fingerprint density at radius 3 is 2.32 bits per heavy atom. The summed E-state index contributed by atoms with van der Waals surface area (Å²) >= 11 is 0. The first kappa shape index (κ1) is 15.9. The molecule has 0 aliphatic heterocycles. The van der Waals surface area contributed by atoms with Gasteiger partial charge in [0.1, 0.15) is 0 Å². The van der Waals surface area contributed by atoms with E-state index >= 15 is 0 Å². The zero-order chi connectivity index (χ0) is 16.1. The van der Waals surface area contributed by atoms with Crippen molar-refractivity contribution in [2.24, 2.45) is 0 Å². The van der Waals surface area contributed by atoms with E-state index in [1.165, 1.54) is 0 Å². The number of aryl methyl sites for hydroxylation is 1. The lowest BCUT2D eigenvalue weighted by Gasteiger charge is -2.21. The summed E-state index contributed by atoms with van der Waals surface area (Å²) in [4.78, 5) is 21.6. The summed E-state index contributed by atoms with van der Waals surface area (Å²) in [5.41, 5.74) is 2.60. The van der Waals surface area contributed by atoms with Crippen LogP contribution in [-0.4, -0.2) is 28.0 Å². The topological polar surface area (TPSA) is 72.2 Å². The maximum atomic E-state index is 11.5. The van der Waals surface area contributed by atoms with Gasteiger partial charge in [-0.05, 0) is 38.0 Å². The van der Waals surface area contributed by atoms with Gasteiger partial charge in [-0.2, -0.15) is 0 Å². The second-order valence-corrected chi connectivity index (χ2v) is 4.84. The molecule has 0 atom stereocenters. The van der Waals surface area contributed by atoms with Crippen LogP contribution < -0.4 is 4.90 Å². The molecule has 0 aliphatic rings. The Morgan fingerprint density at radius 1 is 1.18 bits per heavy atom. The molecule has 0 unspecified atom stereocenters. The quantitative estimate of drug-likeness (QED) is 0.603. The molecule has 2 aromatic heterocycles. The van der Waals surface area contributed by atoms with Crippen molar-refractivity contribution in [3.05, 3.63) is 46.4 Å². The van der Waals surface area contributed by atoms with E-state index in [-0.39, 0.29) is 10.6 Å². The van der Waals surface area contributed by atoms with Crippen LogP contribution in [0.1, 0.15) is 26.5 Å². The van der Waals surface area contributed by atoms with Gasteiger partial charge in [-0.3, -0.25) is 15.1 Å². The van der Waals surface area contributed by atoms with Gasteiger partial charge in [0.25, 0.3) is 0 Å². The van der Waals surface area contributed by atoms with Gasteiger partial charge in [-0.15, -0.1) is 0 Å². The molecule has 0 aromatic carbocycles. The third kappa shape index (κ3) is 3.05. The predicted octanol–water partition coefficient (Wildman–Crippen LogP) is 3.46. The Bertz CT molecular complexity index is 655. The Labute approximate surface area is 130 Å². The lowest BCUT2D eigenvalue weighted by atomic mass is 10.0. The summed E-state index contributed by atoms with van der Waals surface area (Å²) in [6, 6.07) is 5.32. The Morgan fingerprint density at radius 2 is 1.82 bits per heavy atom. The molecule has 0 spiro atoms. The molecule has 0 saturated heterocycles. The minimum Gasteiger partial charge on any atom is -0.351 e. The van der Waals surface area contributed by atoms with E-state index in [2.05, 4.69) is 9.97 Å². The molecular weight excluding hydrogens is 280 g/mol. The van der Waals surface area contributed by atoms with Gasteiger partial charge in [-0.25, -0.2) is 4.98 Å². The second-order valence-electron chi connectivity index (χ2n) is 4.84. The summed E-state index contributed by atoms with van der Waals surface area (Å²) < 4.78 is 0. The van der Waals surface area contributed by atoms with Crippen LogP contribution >= 0.6 is 0 Å². The summed E-state index contributed by atoms with van der Waals surface area (Å²) in [7, 11) is 0. The number of anilines is 1. The van der Waals surface area contributed by atoms with Crippen molar-refractivity contribution >= 4 is 11.5 Å². The number of rotatable bonds is 6. The monoisotopic (exact) mass is 300 g/mol. The summed E-state index contributed by atoms with van der Waals surface area (Å²) in [5, 5.41) is 11.5. The fourth-order valence-corrected chi connectivity index (χ4v) is 2.47. The van der Waals surface area contributed by atoms with Gasteiger partial charge >= 0.3 is 5.69 Å². The molecule has 6 nitrogen and oxygen atoms in total. The van der Waals surface area contributed by atoms with E-state index in [0.717, 1.165) is 16.8 Å². The SMILES string of the molecule is CCc1nc(N(CC)CC)c([N+](=O)[O-])cc1-c1ccncc1. The molecule has 0 fully saturated rings. The molecule has 2 heterocycles. The molecule has 2 rings (SSSR count). The third-order valence-electron chi connectivity index (χ3n) is 3.65. The van der Waals surface area contributed by atoms with E-state index in [0.29, 0.717) is 25.3 Å². The average molecular weight is 300 g/mol. The Hall–Kier alpha value is -2.50. The van der Waals surface area contributed by atoms with Crippen LogP contribution in [-0.2, 0) is 6.42 Å². The van der Waals surface area contributed by atoms with E-state index < -0.39 is 0 Å². The van der Waals surface area contributed by atoms with Crippen molar-refractivity contribution in [1.82, 2.24) is 9.97 Å². The van der Waals surface area contributed by atoms with E-state index in [1.807, 2.05) is 37.8 Å². The van der Waals surface area contributed by atoms with Crippen LogP contribution in [0, 0.1) is 10.1 Å². The molecule has 22 heavy (non-hydrogen) atoms. The number of nitrogens with zero attached hydrogens (tertiary/aromatic N) is 4. The molecule has 0 N–H and O–H groups in total. The fraction of sp³-hybridized carbons (Fsp3) is 0.375. The largest absolute Gasteiger partial charge is 0.351 e. The number of hydrogen-bond donors (Lipinski definition) is 0. The minimum atomic E-state index is -0.356. The van der Waals surface area contributed by atoms with Crippen LogP contribution in [0.3, 0.4) is 0 Å². The summed E-state index contributed by atoms with van der Waals surface area (Å²) in [6.07, 6.45) is 4.07. The normalized spacial score (nSPS) is 10.5. The molecule has 2 aromatic rings. The smallest absolute Gasteiger partial charge is 0.312 e. The van der Waals surface area contributed by atoms with Gasteiger partial charge in [0.15, 0.2) is 0 Å². The number of aromatic nitrogens is 2. The van der Waals surface area contributed by atoms with Crippen molar-refractivity contribution in [3.8, 4) is 11.1 Å². The Balaban J connectivity index is 2.67. The first-order chi connectivity index (χ1) is 10.6. The molecule has 6 heteroatoms. The highest BCUT2D eigenvalue weighted by Crippen LogP contribution is 2.33. The number of nitro groups is 1. The van der Waals surface area contributed by atoms with E-state index in [9.17, 15) is 10.1 Å². The minimum absolute atomic E-state index is 0.0488. The van der Waals surface area contributed by atoms with Gasteiger partial charge < -0.3 is 4.90 Å². The van der Waals surface area contributed by atoms with Gasteiger partial charge in [0.2, 0.25) is 5.82 Å². The molecule has 0 bridgehead atoms. The molecule has 0 radical (unpaired) electrons. The second kappa shape index (κ2) is 6.98. The van der Waals surface area contributed by atoms with Gasteiger partial charge in [-0.1, -0.05) is 6.92 Å². The highest BCUT2D eigenvalue weighted by molar-refractivity contribution is 5.73. The fourth-order valence-electron chi connectivity index (χ4n) is 2.47.